The average molecular weight is 317 g/mol. The first-order valence-electron chi connectivity index (χ1n) is 7.54. The molecule has 2 aromatic rings. The lowest BCUT2D eigenvalue weighted by atomic mass is 9.96. The van der Waals surface area contributed by atoms with Gasteiger partial charge < -0.3 is 19.6 Å². The van der Waals surface area contributed by atoms with Crippen LogP contribution in [0.3, 0.4) is 0 Å². The second-order valence-corrected chi connectivity index (χ2v) is 5.98. The molecule has 1 aromatic heterocycles. The monoisotopic (exact) mass is 317 g/mol. The molecule has 5 nitrogen and oxygen atoms in total. The van der Waals surface area contributed by atoms with Crippen molar-refractivity contribution in [3.63, 3.8) is 0 Å². The van der Waals surface area contributed by atoms with Gasteiger partial charge in [-0.15, -0.1) is 0 Å². The van der Waals surface area contributed by atoms with Crippen LogP contribution in [0.5, 0.6) is 5.75 Å². The number of ether oxygens (including phenoxy) is 1. The van der Waals surface area contributed by atoms with Crippen molar-refractivity contribution in [1.82, 2.24) is 5.32 Å². The summed E-state index contributed by atoms with van der Waals surface area (Å²) in [5, 5.41) is 13.2. The summed E-state index contributed by atoms with van der Waals surface area (Å²) in [6.45, 7) is 7.23. The first-order valence-corrected chi connectivity index (χ1v) is 7.54. The zero-order valence-electron chi connectivity index (χ0n) is 14.0. The van der Waals surface area contributed by atoms with Crippen LogP contribution in [0.1, 0.15) is 29.6 Å². The molecule has 1 atom stereocenters. The van der Waals surface area contributed by atoms with Gasteiger partial charge >= 0.3 is 0 Å². The summed E-state index contributed by atoms with van der Waals surface area (Å²) < 4.78 is 10.8. The number of hydrogen-bond donors (Lipinski definition) is 2. The summed E-state index contributed by atoms with van der Waals surface area (Å²) in [6, 6.07) is 9.25. The first-order chi connectivity index (χ1) is 10.8. The minimum absolute atomic E-state index is 0.0862. The van der Waals surface area contributed by atoms with Crippen molar-refractivity contribution in [1.29, 1.82) is 0 Å². The number of amides is 1. The van der Waals surface area contributed by atoms with Crippen LogP contribution in [0, 0.1) is 20.8 Å². The van der Waals surface area contributed by atoms with Crippen LogP contribution in [-0.4, -0.2) is 24.2 Å². The predicted molar refractivity (Wildman–Crippen MR) is 87.4 cm³/mol. The normalized spacial score (nSPS) is 13.4. The zero-order chi connectivity index (χ0) is 17.0. The van der Waals surface area contributed by atoms with Crippen molar-refractivity contribution in [2.75, 3.05) is 13.2 Å². The second kappa shape index (κ2) is 6.87. The Morgan fingerprint density at radius 1 is 1.26 bits per heavy atom. The van der Waals surface area contributed by atoms with Crippen LogP contribution in [0.2, 0.25) is 0 Å². The number of hydrogen-bond acceptors (Lipinski definition) is 4. The van der Waals surface area contributed by atoms with Gasteiger partial charge in [0.1, 0.15) is 22.9 Å². The number of carbonyl (C=O) groups is 1. The Balaban J connectivity index is 1.86. The van der Waals surface area contributed by atoms with Crippen molar-refractivity contribution in [2.24, 2.45) is 0 Å². The molecule has 2 rings (SSSR count). The lowest BCUT2D eigenvalue weighted by molar-refractivity contribution is -0.124. The third-order valence-corrected chi connectivity index (χ3v) is 3.64. The lowest BCUT2D eigenvalue weighted by Crippen LogP contribution is -2.40. The number of furan rings is 1. The third-order valence-electron chi connectivity index (χ3n) is 3.64. The summed E-state index contributed by atoms with van der Waals surface area (Å²) in [6.07, 6.45) is 0. The predicted octanol–water partition coefficient (Wildman–Crippen LogP) is 2.61. The highest BCUT2D eigenvalue weighted by atomic mass is 16.5. The zero-order valence-corrected chi connectivity index (χ0v) is 14.0. The Hall–Kier alpha value is -2.27. The fourth-order valence-electron chi connectivity index (χ4n) is 2.37. The summed E-state index contributed by atoms with van der Waals surface area (Å²) in [7, 11) is 0. The molecule has 0 fully saturated rings. The number of nitrogens with one attached hydrogen (secondary N) is 1. The van der Waals surface area contributed by atoms with Gasteiger partial charge in [-0.1, -0.05) is 17.7 Å². The average Bonchev–Trinajstić information content (AvgIpc) is 2.84. The molecule has 1 unspecified atom stereocenters. The summed E-state index contributed by atoms with van der Waals surface area (Å²) >= 11 is 0. The molecule has 2 N–H and O–H groups in total. The van der Waals surface area contributed by atoms with Crippen LogP contribution < -0.4 is 10.1 Å². The third kappa shape index (κ3) is 4.60. The standard InChI is InChI=1S/C18H23NO4/c1-12-5-7-15(8-6-12)22-10-17(20)19-11-18(4,21)16-9-13(2)23-14(16)3/h5-9,21H,10-11H2,1-4H3,(H,19,20). The number of benzene rings is 1. The number of carbonyl (C=O) groups excluding carboxylic acids is 1. The van der Waals surface area contributed by atoms with Gasteiger partial charge in [0, 0.05) is 5.56 Å². The fraction of sp³-hybridized carbons (Fsp3) is 0.389. The Morgan fingerprint density at radius 3 is 2.48 bits per heavy atom. The van der Waals surface area contributed by atoms with Crippen LogP contribution in [0.25, 0.3) is 0 Å². The quantitative estimate of drug-likeness (QED) is 0.859. The molecule has 23 heavy (non-hydrogen) atoms. The summed E-state index contributed by atoms with van der Waals surface area (Å²) in [4.78, 5) is 11.9. The van der Waals surface area contributed by atoms with Crippen LogP contribution in [0.15, 0.2) is 34.7 Å². The number of aliphatic hydroxyl groups is 1. The second-order valence-electron chi connectivity index (χ2n) is 5.98. The smallest absolute Gasteiger partial charge is 0.258 e. The van der Waals surface area contributed by atoms with E-state index in [1.807, 2.05) is 38.1 Å². The van der Waals surface area contributed by atoms with E-state index < -0.39 is 5.60 Å². The maximum atomic E-state index is 11.9. The lowest BCUT2D eigenvalue weighted by Gasteiger charge is -2.23. The van der Waals surface area contributed by atoms with Crippen molar-refractivity contribution < 1.29 is 19.1 Å². The van der Waals surface area contributed by atoms with Crippen molar-refractivity contribution in [3.8, 4) is 5.75 Å². The molecule has 0 bridgehead atoms. The van der Waals surface area contributed by atoms with Crippen LogP contribution in [0.4, 0.5) is 0 Å². The topological polar surface area (TPSA) is 71.7 Å². The Kier molecular flexibility index (Phi) is 5.11. The molecule has 0 radical (unpaired) electrons. The van der Waals surface area contributed by atoms with Gasteiger partial charge in [0.15, 0.2) is 6.61 Å². The number of rotatable bonds is 6. The van der Waals surface area contributed by atoms with Gasteiger partial charge in [0.05, 0.1) is 6.54 Å². The van der Waals surface area contributed by atoms with E-state index in [0.717, 1.165) is 11.3 Å². The first kappa shape index (κ1) is 17.1. The van der Waals surface area contributed by atoms with Gasteiger partial charge in [-0.05, 0) is 45.9 Å². The van der Waals surface area contributed by atoms with E-state index >= 15 is 0 Å². The van der Waals surface area contributed by atoms with E-state index in [4.69, 9.17) is 9.15 Å². The van der Waals surface area contributed by atoms with E-state index in [9.17, 15) is 9.90 Å². The Bertz CT molecular complexity index is 671. The highest BCUT2D eigenvalue weighted by Crippen LogP contribution is 2.26. The molecule has 0 saturated carbocycles. The Morgan fingerprint density at radius 2 is 1.91 bits per heavy atom. The SMILES string of the molecule is Cc1ccc(OCC(=O)NCC(C)(O)c2cc(C)oc2C)cc1. The van der Waals surface area contributed by atoms with E-state index in [1.54, 1.807) is 19.9 Å². The minimum Gasteiger partial charge on any atom is -0.484 e. The van der Waals surface area contributed by atoms with Crippen molar-refractivity contribution in [3.05, 3.63) is 53.0 Å². The molecular formula is C18H23NO4. The molecule has 1 aromatic carbocycles. The molecule has 1 amide bonds. The maximum absolute atomic E-state index is 11.9. The summed E-state index contributed by atoms with van der Waals surface area (Å²) in [5.74, 6) is 1.73. The molecule has 5 heteroatoms. The van der Waals surface area contributed by atoms with Gasteiger partial charge in [-0.3, -0.25) is 4.79 Å². The molecule has 0 aliphatic carbocycles. The molecular weight excluding hydrogens is 294 g/mol. The van der Waals surface area contributed by atoms with E-state index in [1.165, 1.54) is 0 Å². The largest absolute Gasteiger partial charge is 0.484 e. The van der Waals surface area contributed by atoms with Crippen LogP contribution >= 0.6 is 0 Å². The number of aryl methyl sites for hydroxylation is 3. The van der Waals surface area contributed by atoms with E-state index in [2.05, 4.69) is 5.32 Å². The van der Waals surface area contributed by atoms with E-state index in [-0.39, 0.29) is 19.1 Å². The molecule has 124 valence electrons. The van der Waals surface area contributed by atoms with Crippen molar-refractivity contribution >= 4 is 5.91 Å². The van der Waals surface area contributed by atoms with Gasteiger partial charge in [0.2, 0.25) is 0 Å². The fourth-order valence-corrected chi connectivity index (χ4v) is 2.37. The summed E-state index contributed by atoms with van der Waals surface area (Å²) in [5.41, 5.74) is 0.611. The minimum atomic E-state index is -1.19. The van der Waals surface area contributed by atoms with E-state index in [0.29, 0.717) is 17.1 Å². The molecule has 0 aliphatic rings. The van der Waals surface area contributed by atoms with Gasteiger partial charge in [-0.25, -0.2) is 0 Å². The molecule has 1 heterocycles. The molecule has 0 saturated heterocycles. The maximum Gasteiger partial charge on any atom is 0.258 e. The molecule has 0 aliphatic heterocycles. The highest BCUT2D eigenvalue weighted by Gasteiger charge is 2.28. The van der Waals surface area contributed by atoms with Crippen LogP contribution in [-0.2, 0) is 10.4 Å². The van der Waals surface area contributed by atoms with Gasteiger partial charge in [0.25, 0.3) is 5.91 Å². The molecule has 0 spiro atoms. The van der Waals surface area contributed by atoms with Crippen molar-refractivity contribution in [2.45, 2.75) is 33.3 Å². The highest BCUT2D eigenvalue weighted by molar-refractivity contribution is 5.77. The Labute approximate surface area is 136 Å². The van der Waals surface area contributed by atoms with Gasteiger partial charge in [-0.2, -0.15) is 0 Å².